The Hall–Kier alpha value is -4.64. The summed E-state index contributed by atoms with van der Waals surface area (Å²) in [5.74, 6) is -4.77. The number of carbonyl (C=O) groups is 3. The van der Waals surface area contributed by atoms with E-state index in [4.69, 9.17) is 16.5 Å². The van der Waals surface area contributed by atoms with Gasteiger partial charge in [-0.3, -0.25) is 9.59 Å². The second-order valence-electron chi connectivity index (χ2n) is 22.3. The summed E-state index contributed by atoms with van der Waals surface area (Å²) in [6, 6.07) is 9.21. The van der Waals surface area contributed by atoms with Crippen molar-refractivity contribution in [2.24, 2.45) is 79.0 Å². The molecule has 0 saturated heterocycles. The molecular weight excluding hydrogens is 791 g/mol. The molecule has 0 aliphatic heterocycles. The molecule has 1 aromatic carbocycles. The Bertz CT molecular complexity index is 2610. The Labute approximate surface area is 369 Å². The van der Waals surface area contributed by atoms with Crippen LogP contribution in [0.15, 0.2) is 111 Å². The van der Waals surface area contributed by atoms with Gasteiger partial charge in [-0.1, -0.05) is 114 Å². The number of carboxylic acids is 1. The lowest BCUT2D eigenvalue weighted by molar-refractivity contribution is -0.180. The van der Waals surface area contributed by atoms with E-state index < -0.39 is 91.4 Å². The highest BCUT2D eigenvalue weighted by molar-refractivity contribution is 6.04. The van der Waals surface area contributed by atoms with Gasteiger partial charge in [0.05, 0.1) is 6.04 Å². The number of ketones is 2. The predicted molar refractivity (Wildman–Crippen MR) is 239 cm³/mol. The molecule has 1 spiro atoms. The maximum absolute atomic E-state index is 16.5. The zero-order valence-corrected chi connectivity index (χ0v) is 37.2. The summed E-state index contributed by atoms with van der Waals surface area (Å²) in [4.78, 5) is 48.3. The monoisotopic (exact) mass is 851 g/mol. The van der Waals surface area contributed by atoms with Crippen LogP contribution >= 0.6 is 0 Å². The van der Waals surface area contributed by atoms with Crippen molar-refractivity contribution in [3.63, 3.8) is 0 Å². The summed E-state index contributed by atoms with van der Waals surface area (Å²) in [6.07, 6.45) is 17.9. The predicted octanol–water partition coefficient (Wildman–Crippen LogP) is 6.69. The van der Waals surface area contributed by atoms with Crippen molar-refractivity contribution in [2.45, 2.75) is 116 Å². The number of Topliss-reactive ketones (excluding diaryl/α,β-unsaturated/α-hetero) is 2. The summed E-state index contributed by atoms with van der Waals surface area (Å²) in [5.41, 5.74) is 7.38. The fraction of sp³-hybridized carbons (Fsp3) is 0.547. The smallest absolute Gasteiger partial charge is 0.331 e. The number of rotatable bonds is 5. The van der Waals surface area contributed by atoms with Crippen LogP contribution in [0.5, 0.6) is 0 Å². The third kappa shape index (κ3) is 4.34. The summed E-state index contributed by atoms with van der Waals surface area (Å²) >= 11 is 0. The van der Waals surface area contributed by atoms with E-state index in [0.29, 0.717) is 67.2 Å². The van der Waals surface area contributed by atoms with Crippen molar-refractivity contribution < 1.29 is 34.8 Å². The maximum atomic E-state index is 16.5. The molecule has 1 aromatic rings. The maximum Gasteiger partial charge on any atom is 0.331 e. The lowest BCUT2D eigenvalue weighted by atomic mass is 9.32. The molecular formula is C53H61N3O7. The molecule has 0 amide bonds. The van der Waals surface area contributed by atoms with E-state index in [1.807, 2.05) is 68.5 Å². The molecule has 10 aliphatic rings. The fourth-order valence-electron chi connectivity index (χ4n) is 17.8. The van der Waals surface area contributed by atoms with Crippen LogP contribution < -0.4 is 11.5 Å². The Morgan fingerprint density at radius 1 is 0.984 bits per heavy atom. The van der Waals surface area contributed by atoms with Gasteiger partial charge in [-0.15, -0.1) is 0 Å². The topological polar surface area (TPSA) is 197 Å². The van der Waals surface area contributed by atoms with E-state index in [1.165, 1.54) is 13.0 Å². The zero-order valence-electron chi connectivity index (χ0n) is 37.2. The number of guanidine groups is 1. The molecule has 14 unspecified atom stereocenters. The summed E-state index contributed by atoms with van der Waals surface area (Å²) in [5, 5.41) is 53.3. The van der Waals surface area contributed by atoms with E-state index in [-0.39, 0.29) is 23.1 Å². The van der Waals surface area contributed by atoms with Gasteiger partial charge in [0.25, 0.3) is 0 Å². The average Bonchev–Trinajstić information content (AvgIpc) is 3.67. The van der Waals surface area contributed by atoms with Crippen molar-refractivity contribution in [3.8, 4) is 0 Å². The lowest BCUT2D eigenvalue weighted by Gasteiger charge is -2.71. The quantitative estimate of drug-likeness (QED) is 0.0810. The van der Waals surface area contributed by atoms with Gasteiger partial charge >= 0.3 is 5.97 Å². The van der Waals surface area contributed by atoms with Crippen molar-refractivity contribution in [1.29, 1.82) is 0 Å². The van der Waals surface area contributed by atoms with Gasteiger partial charge in [-0.05, 0) is 96.3 Å². The minimum absolute atomic E-state index is 0.00512. The first-order valence-corrected chi connectivity index (χ1v) is 23.2. The molecule has 0 heterocycles. The third-order valence-electron chi connectivity index (χ3n) is 19.8. The second-order valence-corrected chi connectivity index (χ2v) is 22.3. The highest BCUT2D eigenvalue weighted by Crippen LogP contribution is 2.89. The molecule has 330 valence electrons. The Balaban J connectivity index is 1.30. The largest absolute Gasteiger partial charge is 0.478 e. The number of carboxylic acid groups (broad SMARTS) is 1. The molecule has 10 nitrogen and oxygen atoms in total. The molecule has 0 aromatic heterocycles. The Morgan fingerprint density at radius 3 is 2.40 bits per heavy atom. The summed E-state index contributed by atoms with van der Waals surface area (Å²) in [7, 11) is 0. The van der Waals surface area contributed by atoms with Gasteiger partial charge in [0.15, 0.2) is 11.7 Å². The van der Waals surface area contributed by atoms with Crippen LogP contribution in [0, 0.1) is 62.6 Å². The average molecular weight is 852 g/mol. The van der Waals surface area contributed by atoms with Gasteiger partial charge < -0.3 is 31.9 Å². The van der Waals surface area contributed by atoms with E-state index in [0.717, 1.165) is 23.1 Å². The van der Waals surface area contributed by atoms with Gasteiger partial charge in [0.2, 0.25) is 0 Å². The second kappa shape index (κ2) is 12.4. The normalized spacial score (nSPS) is 47.1. The Morgan fingerprint density at radius 2 is 1.70 bits per heavy atom. The number of benzene rings is 1. The minimum atomic E-state index is -1.85. The molecule has 10 heteroatoms. The SMILES string of the molecule is CC(=CC1(O)C2=CCC3=C2C2C4(O)C(=CC5(O)C6=C(C(=O)C7CCCCC8C1C(N=C(N)N)C=CC82C7(C)C64C)C1(C)CCC(=O)C(C)(C)C1C5C=Cc1ccccc1)C3)C(=O)O. The van der Waals surface area contributed by atoms with Crippen molar-refractivity contribution in [3.05, 3.63) is 111 Å². The Kier molecular flexibility index (Phi) is 8.07. The molecule has 0 radical (unpaired) electrons. The van der Waals surface area contributed by atoms with E-state index >= 15 is 4.79 Å². The fourth-order valence-corrected chi connectivity index (χ4v) is 17.8. The van der Waals surface area contributed by atoms with Crippen LogP contribution in [0.2, 0.25) is 0 Å². The molecule has 14 atom stereocenters. The molecule has 4 fully saturated rings. The van der Waals surface area contributed by atoms with E-state index in [1.54, 1.807) is 0 Å². The lowest BCUT2D eigenvalue weighted by Crippen LogP contribution is -2.73. The number of aliphatic carboxylic acids is 1. The van der Waals surface area contributed by atoms with Crippen molar-refractivity contribution in [1.82, 2.24) is 0 Å². The molecule has 63 heavy (non-hydrogen) atoms. The zero-order chi connectivity index (χ0) is 44.8. The number of nitrogens with two attached hydrogens (primary N) is 2. The van der Waals surface area contributed by atoms with Crippen molar-refractivity contribution >= 4 is 29.6 Å². The van der Waals surface area contributed by atoms with E-state index in [2.05, 4.69) is 32.9 Å². The number of hydrogen-bond donors (Lipinski definition) is 6. The van der Waals surface area contributed by atoms with E-state index in [9.17, 15) is 30.0 Å². The number of hydrogen-bond acceptors (Lipinski definition) is 7. The third-order valence-corrected chi connectivity index (χ3v) is 19.8. The van der Waals surface area contributed by atoms with Crippen LogP contribution in [0.1, 0.15) is 98.5 Å². The van der Waals surface area contributed by atoms with Gasteiger partial charge in [-0.25, -0.2) is 9.79 Å². The van der Waals surface area contributed by atoms with Crippen LogP contribution in [-0.4, -0.2) is 66.8 Å². The summed E-state index contributed by atoms with van der Waals surface area (Å²) in [6.45, 7) is 12.0. The van der Waals surface area contributed by atoms with Crippen LogP contribution in [0.4, 0.5) is 0 Å². The number of allylic oxidation sites excluding steroid dienone is 4. The first kappa shape index (κ1) is 41.1. The van der Waals surface area contributed by atoms with Gasteiger partial charge in [0, 0.05) is 62.9 Å². The number of aliphatic imine (C=N–C) groups is 1. The van der Waals surface area contributed by atoms with Crippen LogP contribution in [0.3, 0.4) is 0 Å². The molecule has 11 rings (SSSR count). The molecule has 2 bridgehead atoms. The van der Waals surface area contributed by atoms with Gasteiger partial charge in [-0.2, -0.15) is 0 Å². The summed E-state index contributed by atoms with van der Waals surface area (Å²) < 4.78 is 0. The molecule has 10 aliphatic carbocycles. The number of fused-ring (bicyclic) bond motifs is 2. The standard InChI is InChI=1S/C53H61N3O7/c1-27(44(59)60)25-51(61)31-19-17-29-24-30-26-52(62)34(18-16-28-12-8-7-9-13-28)41-46(2,3)36(57)21-22-47(41,4)39-40(58)33-15-11-10-14-32-38(51)35(56-45(54)55)20-23-50(32)42(37(29)31)53(30,63)49(6,43(39)52)48(33,50)5/h7-9,12-13,16,18-20,23,25-26,32-35,38,41-42,61-63H,10-11,14-15,17,21-22,24H2,1-6H3,(H,59,60)(H4,54,55,56). The highest BCUT2D eigenvalue weighted by Gasteiger charge is 2.90. The van der Waals surface area contributed by atoms with Gasteiger partial charge in [0.1, 0.15) is 22.6 Å². The molecule has 8 N–H and O–H groups in total. The first-order chi connectivity index (χ1) is 29.6. The number of nitrogens with zero attached hydrogens (tertiary/aromatic N) is 1. The number of carbonyl (C=O) groups excluding carboxylic acids is 2. The number of aliphatic hydroxyl groups is 3. The highest BCUT2D eigenvalue weighted by atomic mass is 16.4. The van der Waals surface area contributed by atoms with Crippen molar-refractivity contribution in [2.75, 3.05) is 0 Å². The molecule has 4 saturated carbocycles. The van der Waals surface area contributed by atoms with Crippen LogP contribution in [0.25, 0.3) is 6.08 Å². The first-order valence-electron chi connectivity index (χ1n) is 23.2. The minimum Gasteiger partial charge on any atom is -0.478 e. The van der Waals surface area contributed by atoms with Crippen LogP contribution in [-0.2, 0) is 14.4 Å².